The average molecular weight is 183 g/mol. The molecule has 1 N–H and O–H groups in total. The van der Waals surface area contributed by atoms with E-state index in [1.54, 1.807) is 0 Å². The molecule has 0 aromatic carbocycles. The van der Waals surface area contributed by atoms with E-state index in [-0.39, 0.29) is 5.70 Å². The first kappa shape index (κ1) is 9.11. The molecule has 0 amide bonds. The van der Waals surface area contributed by atoms with Crippen molar-refractivity contribution >= 4 is 11.8 Å². The van der Waals surface area contributed by atoms with Gasteiger partial charge in [-0.25, -0.2) is 4.79 Å². The zero-order chi connectivity index (χ0) is 10.0. The summed E-state index contributed by atoms with van der Waals surface area (Å²) in [7, 11) is 0. The van der Waals surface area contributed by atoms with Crippen molar-refractivity contribution in [2.24, 2.45) is 0 Å². The van der Waals surface area contributed by atoms with Gasteiger partial charge in [0.05, 0.1) is 4.92 Å². The third kappa shape index (κ3) is 1.78. The van der Waals surface area contributed by atoms with Crippen molar-refractivity contribution in [3.05, 3.63) is 33.5 Å². The Bertz CT molecular complexity index is 352. The normalized spacial score (nSPS) is 16.2. The summed E-state index contributed by atoms with van der Waals surface area (Å²) < 4.78 is 0. The van der Waals surface area contributed by atoms with E-state index in [2.05, 4.69) is 0 Å². The van der Waals surface area contributed by atoms with Crippen molar-refractivity contribution in [3.8, 4) is 0 Å². The third-order valence-corrected chi connectivity index (χ3v) is 1.55. The molecule has 68 valence electrons. The van der Waals surface area contributed by atoms with Crippen molar-refractivity contribution in [2.75, 3.05) is 0 Å². The number of ketones is 1. The number of carboxylic acids is 1. The summed E-state index contributed by atoms with van der Waals surface area (Å²) in [6.45, 7) is 0. The average Bonchev–Trinajstić information content (AvgIpc) is 2.03. The van der Waals surface area contributed by atoms with Crippen LogP contribution in [0, 0.1) is 10.1 Å². The quantitative estimate of drug-likeness (QED) is 0.372. The molecule has 0 saturated carbocycles. The van der Waals surface area contributed by atoms with Crippen LogP contribution in [0.4, 0.5) is 0 Å². The lowest BCUT2D eigenvalue weighted by Gasteiger charge is -2.03. The number of aliphatic carboxylic acids is 1. The van der Waals surface area contributed by atoms with Gasteiger partial charge in [0.1, 0.15) is 12.0 Å². The topological polar surface area (TPSA) is 97.5 Å². The molecule has 0 radical (unpaired) electrons. The number of hydrogen-bond acceptors (Lipinski definition) is 4. The molecule has 0 fully saturated rings. The van der Waals surface area contributed by atoms with Gasteiger partial charge in [-0.3, -0.25) is 14.9 Å². The Kier molecular flexibility index (Phi) is 2.23. The minimum atomic E-state index is -1.36. The summed E-state index contributed by atoms with van der Waals surface area (Å²) in [6.07, 6.45) is 1.53. The fourth-order valence-electron chi connectivity index (χ4n) is 0.907. The minimum Gasteiger partial charge on any atom is -0.478 e. The molecule has 1 rings (SSSR count). The number of carbonyl (C=O) groups is 2. The molecule has 0 unspecified atom stereocenters. The van der Waals surface area contributed by atoms with Crippen LogP contribution in [0.15, 0.2) is 23.4 Å². The molecule has 0 aromatic heterocycles. The Labute approximate surface area is 72.3 Å². The van der Waals surface area contributed by atoms with Crippen LogP contribution in [0.1, 0.15) is 6.42 Å². The zero-order valence-corrected chi connectivity index (χ0v) is 6.39. The molecular formula is C7H5NO5. The highest BCUT2D eigenvalue weighted by Crippen LogP contribution is 2.15. The molecule has 13 heavy (non-hydrogen) atoms. The van der Waals surface area contributed by atoms with Crippen LogP contribution in [-0.4, -0.2) is 21.8 Å². The van der Waals surface area contributed by atoms with Crippen LogP contribution in [0.5, 0.6) is 0 Å². The SMILES string of the molecule is O=C(O)C1=CC=C([N+](=O)[O-])CC1=O. The molecular weight excluding hydrogens is 178 g/mol. The highest BCUT2D eigenvalue weighted by Gasteiger charge is 2.26. The first-order valence-corrected chi connectivity index (χ1v) is 3.34. The van der Waals surface area contributed by atoms with E-state index in [1.165, 1.54) is 0 Å². The number of Topliss-reactive ketones (excluding diaryl/α,β-unsaturated/α-hetero) is 1. The first-order valence-electron chi connectivity index (χ1n) is 3.34. The Morgan fingerprint density at radius 3 is 2.54 bits per heavy atom. The van der Waals surface area contributed by atoms with Crippen molar-refractivity contribution in [2.45, 2.75) is 6.42 Å². The molecule has 0 aliphatic heterocycles. The number of carboxylic acid groups (broad SMARTS) is 1. The van der Waals surface area contributed by atoms with Crippen LogP contribution in [0.25, 0.3) is 0 Å². The Morgan fingerprint density at radius 1 is 1.54 bits per heavy atom. The van der Waals surface area contributed by atoms with Gasteiger partial charge in [0, 0.05) is 6.08 Å². The summed E-state index contributed by atoms with van der Waals surface area (Å²) in [5.41, 5.74) is -0.694. The molecule has 6 nitrogen and oxygen atoms in total. The lowest BCUT2D eigenvalue weighted by molar-refractivity contribution is -0.426. The second-order valence-corrected chi connectivity index (χ2v) is 2.40. The fraction of sp³-hybridized carbons (Fsp3) is 0.143. The Hall–Kier alpha value is -1.98. The summed E-state index contributed by atoms with van der Waals surface area (Å²) >= 11 is 0. The van der Waals surface area contributed by atoms with E-state index in [1.807, 2.05) is 0 Å². The highest BCUT2D eigenvalue weighted by molar-refractivity contribution is 6.18. The van der Waals surface area contributed by atoms with Gasteiger partial charge in [0.25, 0.3) is 5.70 Å². The van der Waals surface area contributed by atoms with Gasteiger partial charge in [0.2, 0.25) is 0 Å². The second kappa shape index (κ2) is 3.18. The van der Waals surface area contributed by atoms with Gasteiger partial charge in [-0.1, -0.05) is 0 Å². The van der Waals surface area contributed by atoms with Crippen LogP contribution >= 0.6 is 0 Å². The first-order chi connectivity index (χ1) is 6.02. The van der Waals surface area contributed by atoms with E-state index in [0.717, 1.165) is 12.2 Å². The van der Waals surface area contributed by atoms with Crippen LogP contribution < -0.4 is 0 Å². The largest absolute Gasteiger partial charge is 0.478 e. The molecule has 0 atom stereocenters. The number of nitrogens with zero attached hydrogens (tertiary/aromatic N) is 1. The van der Waals surface area contributed by atoms with E-state index in [4.69, 9.17) is 5.11 Å². The number of allylic oxidation sites excluding steroid dienone is 3. The summed E-state index contributed by atoms with van der Waals surface area (Å²) in [5, 5.41) is 18.6. The molecule has 0 heterocycles. The maximum absolute atomic E-state index is 11.0. The number of rotatable bonds is 2. The van der Waals surface area contributed by atoms with Gasteiger partial charge in [0.15, 0.2) is 5.78 Å². The van der Waals surface area contributed by atoms with Gasteiger partial charge in [-0.05, 0) is 6.08 Å². The molecule has 0 bridgehead atoms. The van der Waals surface area contributed by atoms with E-state index < -0.39 is 28.7 Å². The van der Waals surface area contributed by atoms with Gasteiger partial charge in [-0.15, -0.1) is 0 Å². The molecule has 0 aromatic rings. The molecule has 1 aliphatic carbocycles. The monoisotopic (exact) mass is 183 g/mol. The molecule has 0 saturated heterocycles. The minimum absolute atomic E-state index is 0.282. The van der Waals surface area contributed by atoms with E-state index in [9.17, 15) is 19.7 Å². The number of hydrogen-bond donors (Lipinski definition) is 1. The zero-order valence-electron chi connectivity index (χ0n) is 6.39. The predicted molar refractivity (Wildman–Crippen MR) is 40.4 cm³/mol. The number of nitro groups is 1. The lowest BCUT2D eigenvalue weighted by atomic mass is 10.0. The standard InChI is InChI=1S/C7H5NO5/c9-6-3-4(8(12)13)1-2-5(6)7(10)11/h1-2H,3H2,(H,10,11). The Balaban J connectivity index is 3.00. The van der Waals surface area contributed by atoms with Crippen LogP contribution in [0.3, 0.4) is 0 Å². The van der Waals surface area contributed by atoms with Gasteiger partial charge >= 0.3 is 5.97 Å². The molecule has 1 aliphatic rings. The lowest BCUT2D eigenvalue weighted by Crippen LogP contribution is -2.17. The van der Waals surface area contributed by atoms with Gasteiger partial charge < -0.3 is 5.11 Å². The van der Waals surface area contributed by atoms with Crippen LogP contribution in [-0.2, 0) is 9.59 Å². The van der Waals surface area contributed by atoms with Gasteiger partial charge in [-0.2, -0.15) is 0 Å². The maximum atomic E-state index is 11.0. The second-order valence-electron chi connectivity index (χ2n) is 2.40. The third-order valence-electron chi connectivity index (χ3n) is 1.55. The van der Waals surface area contributed by atoms with Crippen molar-refractivity contribution in [1.82, 2.24) is 0 Å². The smallest absolute Gasteiger partial charge is 0.339 e. The molecule has 0 spiro atoms. The van der Waals surface area contributed by atoms with Crippen molar-refractivity contribution < 1.29 is 19.6 Å². The molecule has 6 heteroatoms. The number of carbonyl (C=O) groups excluding carboxylic acids is 1. The fourth-order valence-corrected chi connectivity index (χ4v) is 0.907. The summed E-state index contributed by atoms with van der Waals surface area (Å²) in [6, 6.07) is 0. The van der Waals surface area contributed by atoms with E-state index in [0.29, 0.717) is 0 Å². The summed E-state index contributed by atoms with van der Waals surface area (Å²) in [4.78, 5) is 30.8. The van der Waals surface area contributed by atoms with Crippen molar-refractivity contribution in [1.29, 1.82) is 0 Å². The maximum Gasteiger partial charge on any atom is 0.339 e. The Morgan fingerprint density at radius 2 is 2.15 bits per heavy atom. The summed E-state index contributed by atoms with van der Waals surface area (Å²) in [5.74, 6) is -2.09. The highest BCUT2D eigenvalue weighted by atomic mass is 16.6. The van der Waals surface area contributed by atoms with E-state index >= 15 is 0 Å². The predicted octanol–water partition coefficient (Wildman–Crippen LogP) is 0.131. The van der Waals surface area contributed by atoms with Crippen LogP contribution in [0.2, 0.25) is 0 Å². The van der Waals surface area contributed by atoms with Crippen molar-refractivity contribution in [3.63, 3.8) is 0 Å².